The van der Waals surface area contributed by atoms with Gasteiger partial charge >= 0.3 is 0 Å². The van der Waals surface area contributed by atoms with Gasteiger partial charge in [0.2, 0.25) is 0 Å². The highest BCUT2D eigenvalue weighted by Gasteiger charge is 2.13. The van der Waals surface area contributed by atoms with Crippen molar-refractivity contribution in [1.82, 2.24) is 0 Å². The first-order chi connectivity index (χ1) is 5.13. The van der Waals surface area contributed by atoms with Crippen LogP contribution < -0.4 is 5.73 Å². The SMILES string of the molecule is Cc1sccc1C(=O)[C@H](C)N. The summed E-state index contributed by atoms with van der Waals surface area (Å²) < 4.78 is 0. The van der Waals surface area contributed by atoms with E-state index in [4.69, 9.17) is 5.73 Å². The van der Waals surface area contributed by atoms with E-state index >= 15 is 0 Å². The summed E-state index contributed by atoms with van der Waals surface area (Å²) in [7, 11) is 0. The van der Waals surface area contributed by atoms with Crippen molar-refractivity contribution in [2.75, 3.05) is 0 Å². The number of ketones is 1. The molecule has 1 heterocycles. The van der Waals surface area contributed by atoms with Gasteiger partial charge in [-0.3, -0.25) is 4.79 Å². The molecule has 0 spiro atoms. The summed E-state index contributed by atoms with van der Waals surface area (Å²) in [6.45, 7) is 3.64. The Bertz CT molecular complexity index is 265. The lowest BCUT2D eigenvalue weighted by Crippen LogP contribution is -2.26. The largest absolute Gasteiger partial charge is 0.321 e. The Morgan fingerprint density at radius 3 is 2.73 bits per heavy atom. The molecule has 0 aliphatic rings. The number of nitrogens with two attached hydrogens (primary N) is 1. The minimum Gasteiger partial charge on any atom is -0.321 e. The first-order valence-corrected chi connectivity index (χ1v) is 4.34. The van der Waals surface area contributed by atoms with Crippen molar-refractivity contribution in [2.45, 2.75) is 19.9 Å². The molecule has 11 heavy (non-hydrogen) atoms. The van der Waals surface area contributed by atoms with Crippen LogP contribution in [0, 0.1) is 6.92 Å². The van der Waals surface area contributed by atoms with Gasteiger partial charge < -0.3 is 5.73 Å². The van der Waals surface area contributed by atoms with Crippen molar-refractivity contribution in [1.29, 1.82) is 0 Å². The van der Waals surface area contributed by atoms with Crippen LogP contribution in [0.4, 0.5) is 0 Å². The Morgan fingerprint density at radius 1 is 1.73 bits per heavy atom. The maximum Gasteiger partial charge on any atom is 0.180 e. The number of aryl methyl sites for hydroxylation is 1. The van der Waals surface area contributed by atoms with Gasteiger partial charge in [0.25, 0.3) is 0 Å². The molecule has 0 fully saturated rings. The van der Waals surface area contributed by atoms with Gasteiger partial charge in [0, 0.05) is 10.4 Å². The lowest BCUT2D eigenvalue weighted by atomic mass is 10.1. The molecule has 2 N–H and O–H groups in total. The number of thiophene rings is 1. The fourth-order valence-corrected chi connectivity index (χ4v) is 1.59. The number of rotatable bonds is 2. The number of carbonyl (C=O) groups is 1. The zero-order chi connectivity index (χ0) is 8.43. The van der Waals surface area contributed by atoms with Gasteiger partial charge in [0.15, 0.2) is 5.78 Å². The average Bonchev–Trinajstić information content (AvgIpc) is 2.33. The molecule has 0 aliphatic carbocycles. The van der Waals surface area contributed by atoms with Gasteiger partial charge in [-0.25, -0.2) is 0 Å². The highest BCUT2D eigenvalue weighted by molar-refractivity contribution is 7.10. The molecular weight excluding hydrogens is 158 g/mol. The van der Waals surface area contributed by atoms with Crippen LogP contribution in [0.5, 0.6) is 0 Å². The lowest BCUT2D eigenvalue weighted by molar-refractivity contribution is 0.0968. The molecule has 1 atom stereocenters. The van der Waals surface area contributed by atoms with Gasteiger partial charge in [-0.05, 0) is 25.3 Å². The lowest BCUT2D eigenvalue weighted by Gasteiger charge is -2.01. The second-order valence-electron chi connectivity index (χ2n) is 2.54. The van der Waals surface area contributed by atoms with Crippen molar-refractivity contribution in [3.63, 3.8) is 0 Å². The topological polar surface area (TPSA) is 43.1 Å². The smallest absolute Gasteiger partial charge is 0.180 e. The number of hydrogen-bond donors (Lipinski definition) is 1. The van der Waals surface area contributed by atoms with Crippen molar-refractivity contribution in [2.24, 2.45) is 5.73 Å². The summed E-state index contributed by atoms with van der Waals surface area (Å²) in [5, 5.41) is 1.91. The molecule has 3 heteroatoms. The van der Waals surface area contributed by atoms with Gasteiger partial charge in [-0.2, -0.15) is 0 Å². The van der Waals surface area contributed by atoms with Crippen LogP contribution in [0.25, 0.3) is 0 Å². The molecule has 0 saturated heterocycles. The molecule has 0 bridgehead atoms. The van der Waals surface area contributed by atoms with E-state index in [0.29, 0.717) is 0 Å². The molecule has 0 radical (unpaired) electrons. The number of carbonyl (C=O) groups excluding carboxylic acids is 1. The van der Waals surface area contributed by atoms with Crippen LogP contribution in [0.15, 0.2) is 11.4 Å². The van der Waals surface area contributed by atoms with Crippen LogP contribution in [-0.2, 0) is 0 Å². The van der Waals surface area contributed by atoms with E-state index in [9.17, 15) is 4.79 Å². The van der Waals surface area contributed by atoms with Gasteiger partial charge in [0.1, 0.15) is 0 Å². The fraction of sp³-hybridized carbons (Fsp3) is 0.375. The third kappa shape index (κ3) is 1.67. The second-order valence-corrected chi connectivity index (χ2v) is 3.66. The van der Waals surface area contributed by atoms with Crippen molar-refractivity contribution < 1.29 is 4.79 Å². The molecule has 1 aromatic heterocycles. The molecule has 0 amide bonds. The summed E-state index contributed by atoms with van der Waals surface area (Å²) in [6, 6.07) is 1.44. The molecular formula is C8H11NOS. The van der Waals surface area contributed by atoms with Gasteiger partial charge in [0.05, 0.1) is 6.04 Å². The van der Waals surface area contributed by atoms with Crippen molar-refractivity contribution in [3.05, 3.63) is 21.9 Å². The highest BCUT2D eigenvalue weighted by atomic mass is 32.1. The fourth-order valence-electron chi connectivity index (χ4n) is 0.886. The van der Waals surface area contributed by atoms with Gasteiger partial charge in [-0.15, -0.1) is 11.3 Å². The van der Waals surface area contributed by atoms with Crippen molar-refractivity contribution >= 4 is 17.1 Å². The van der Waals surface area contributed by atoms with E-state index in [0.717, 1.165) is 10.4 Å². The molecule has 60 valence electrons. The summed E-state index contributed by atoms with van der Waals surface area (Å²) in [5.74, 6) is 0.0313. The first-order valence-electron chi connectivity index (χ1n) is 3.47. The van der Waals surface area contributed by atoms with E-state index in [2.05, 4.69) is 0 Å². The zero-order valence-corrected chi connectivity index (χ0v) is 7.44. The predicted octanol–water partition coefficient (Wildman–Crippen LogP) is 1.59. The third-order valence-corrected chi connectivity index (χ3v) is 2.38. The van der Waals surface area contributed by atoms with E-state index in [-0.39, 0.29) is 11.8 Å². The average molecular weight is 169 g/mol. The van der Waals surface area contributed by atoms with Crippen LogP contribution in [0.3, 0.4) is 0 Å². The van der Waals surface area contributed by atoms with E-state index in [1.165, 1.54) is 0 Å². The quantitative estimate of drug-likeness (QED) is 0.683. The summed E-state index contributed by atoms with van der Waals surface area (Å²) in [5.41, 5.74) is 6.22. The molecule has 0 aromatic carbocycles. The van der Waals surface area contributed by atoms with E-state index < -0.39 is 0 Å². The number of Topliss-reactive ketones (excluding diaryl/α,β-unsaturated/α-hetero) is 1. The molecule has 1 rings (SSSR count). The monoisotopic (exact) mass is 169 g/mol. The zero-order valence-electron chi connectivity index (χ0n) is 6.63. The minimum absolute atomic E-state index is 0.0313. The third-order valence-electron chi connectivity index (χ3n) is 1.54. The molecule has 0 aliphatic heterocycles. The molecule has 1 aromatic rings. The van der Waals surface area contributed by atoms with E-state index in [1.54, 1.807) is 18.3 Å². The molecule has 0 saturated carbocycles. The molecule has 0 unspecified atom stereocenters. The van der Waals surface area contributed by atoms with Gasteiger partial charge in [-0.1, -0.05) is 0 Å². The Morgan fingerprint density at radius 2 is 2.36 bits per heavy atom. The Balaban J connectivity index is 2.93. The predicted molar refractivity (Wildman–Crippen MR) is 47.0 cm³/mol. The highest BCUT2D eigenvalue weighted by Crippen LogP contribution is 2.16. The maximum absolute atomic E-state index is 11.3. The van der Waals surface area contributed by atoms with E-state index in [1.807, 2.05) is 18.4 Å². The number of hydrogen-bond acceptors (Lipinski definition) is 3. The Kier molecular flexibility index (Phi) is 2.42. The second kappa shape index (κ2) is 3.15. The minimum atomic E-state index is -0.386. The Hall–Kier alpha value is -0.670. The maximum atomic E-state index is 11.3. The first kappa shape index (κ1) is 8.43. The van der Waals surface area contributed by atoms with Crippen LogP contribution in [-0.4, -0.2) is 11.8 Å². The van der Waals surface area contributed by atoms with Crippen molar-refractivity contribution in [3.8, 4) is 0 Å². The summed E-state index contributed by atoms with van der Waals surface area (Å²) >= 11 is 1.57. The standard InChI is InChI=1S/C8H11NOS/c1-5(9)8(10)7-3-4-11-6(7)2/h3-5H,9H2,1-2H3/t5-/m0/s1. The normalized spacial score (nSPS) is 13.0. The summed E-state index contributed by atoms with van der Waals surface area (Å²) in [6.07, 6.45) is 0. The van der Waals surface area contributed by atoms with Crippen LogP contribution in [0.2, 0.25) is 0 Å². The Labute approximate surface area is 70.0 Å². The van der Waals surface area contributed by atoms with Crippen LogP contribution >= 0.6 is 11.3 Å². The molecule has 2 nitrogen and oxygen atoms in total. The summed E-state index contributed by atoms with van der Waals surface area (Å²) in [4.78, 5) is 12.4. The van der Waals surface area contributed by atoms with Crippen LogP contribution in [0.1, 0.15) is 22.2 Å².